The fourth-order valence-corrected chi connectivity index (χ4v) is 3.53. The highest BCUT2D eigenvalue weighted by Gasteiger charge is 2.13. The molecule has 0 saturated heterocycles. The van der Waals surface area contributed by atoms with Crippen LogP contribution < -0.4 is 11.1 Å². The van der Waals surface area contributed by atoms with Gasteiger partial charge in [-0.05, 0) is 12.0 Å². The number of hydrogen-bond donors (Lipinski definition) is 2. The molecule has 22 heavy (non-hydrogen) atoms. The number of aromatic nitrogens is 1. The largest absolute Gasteiger partial charge is 0.350 e. The fourth-order valence-electron chi connectivity index (χ4n) is 1.83. The van der Waals surface area contributed by atoms with Gasteiger partial charge in [0.2, 0.25) is 0 Å². The van der Waals surface area contributed by atoms with E-state index in [9.17, 15) is 4.79 Å². The van der Waals surface area contributed by atoms with Crippen LogP contribution >= 0.6 is 23.1 Å². The van der Waals surface area contributed by atoms with Crippen LogP contribution in [0.4, 0.5) is 0 Å². The van der Waals surface area contributed by atoms with Crippen LogP contribution in [-0.4, -0.2) is 23.2 Å². The zero-order chi connectivity index (χ0) is 15.8. The Balaban J connectivity index is 1.68. The van der Waals surface area contributed by atoms with Crippen molar-refractivity contribution in [3.8, 4) is 0 Å². The first-order valence-corrected chi connectivity index (χ1v) is 9.35. The van der Waals surface area contributed by atoms with Crippen molar-refractivity contribution >= 4 is 29.0 Å². The van der Waals surface area contributed by atoms with E-state index in [2.05, 4.69) is 22.4 Å². The number of rotatable bonds is 8. The van der Waals surface area contributed by atoms with Crippen LogP contribution in [0, 0.1) is 0 Å². The van der Waals surface area contributed by atoms with E-state index < -0.39 is 0 Å². The van der Waals surface area contributed by atoms with Crippen LogP contribution in [0.25, 0.3) is 0 Å². The highest BCUT2D eigenvalue weighted by Crippen LogP contribution is 2.18. The molecular weight excluding hydrogens is 314 g/mol. The maximum absolute atomic E-state index is 12.0. The van der Waals surface area contributed by atoms with Gasteiger partial charge in [0.05, 0.1) is 6.04 Å². The molecule has 0 aliphatic carbocycles. The Morgan fingerprint density at radius 2 is 2.18 bits per heavy atom. The second-order valence-corrected chi connectivity index (χ2v) is 6.87. The quantitative estimate of drug-likeness (QED) is 0.727. The van der Waals surface area contributed by atoms with Crippen molar-refractivity contribution in [3.63, 3.8) is 0 Å². The van der Waals surface area contributed by atoms with Crippen molar-refractivity contribution in [2.24, 2.45) is 5.73 Å². The van der Waals surface area contributed by atoms with Gasteiger partial charge in [0, 0.05) is 23.4 Å². The fraction of sp³-hybridized carbons (Fsp3) is 0.375. The molecule has 1 aromatic heterocycles. The zero-order valence-corrected chi connectivity index (χ0v) is 14.3. The van der Waals surface area contributed by atoms with Gasteiger partial charge in [0.15, 0.2) is 0 Å². The molecule has 118 valence electrons. The summed E-state index contributed by atoms with van der Waals surface area (Å²) in [4.78, 5) is 16.3. The van der Waals surface area contributed by atoms with Gasteiger partial charge in [-0.2, -0.15) is 11.8 Å². The number of nitrogens with one attached hydrogen (secondary N) is 1. The second-order valence-electron chi connectivity index (χ2n) is 4.88. The average Bonchev–Trinajstić information content (AvgIpc) is 3.04. The summed E-state index contributed by atoms with van der Waals surface area (Å²) < 4.78 is 0. The molecule has 1 amide bonds. The summed E-state index contributed by atoms with van der Waals surface area (Å²) in [7, 11) is 0. The van der Waals surface area contributed by atoms with E-state index in [0.29, 0.717) is 12.2 Å². The third-order valence-electron chi connectivity index (χ3n) is 3.16. The lowest BCUT2D eigenvalue weighted by atomic mass is 10.2. The van der Waals surface area contributed by atoms with Crippen LogP contribution in [0.1, 0.15) is 40.4 Å². The summed E-state index contributed by atoms with van der Waals surface area (Å²) in [6, 6.07) is 10.2. The van der Waals surface area contributed by atoms with Crippen LogP contribution in [-0.2, 0) is 5.75 Å². The van der Waals surface area contributed by atoms with Crippen molar-refractivity contribution in [1.82, 2.24) is 10.3 Å². The van der Waals surface area contributed by atoms with Crippen LogP contribution in [0.2, 0.25) is 0 Å². The third-order valence-corrected chi connectivity index (χ3v) is 5.16. The van der Waals surface area contributed by atoms with Gasteiger partial charge >= 0.3 is 0 Å². The maximum Gasteiger partial charge on any atom is 0.270 e. The highest BCUT2D eigenvalue weighted by atomic mass is 32.2. The molecule has 0 aliphatic heterocycles. The van der Waals surface area contributed by atoms with E-state index in [1.165, 1.54) is 16.9 Å². The van der Waals surface area contributed by atoms with Crippen molar-refractivity contribution in [1.29, 1.82) is 0 Å². The Morgan fingerprint density at radius 3 is 2.91 bits per heavy atom. The van der Waals surface area contributed by atoms with Crippen molar-refractivity contribution < 1.29 is 4.79 Å². The monoisotopic (exact) mass is 335 g/mol. The van der Waals surface area contributed by atoms with Gasteiger partial charge in [0.1, 0.15) is 10.7 Å². The highest BCUT2D eigenvalue weighted by molar-refractivity contribution is 7.98. The summed E-state index contributed by atoms with van der Waals surface area (Å²) in [5, 5.41) is 5.50. The Morgan fingerprint density at radius 1 is 1.41 bits per heavy atom. The first-order valence-electron chi connectivity index (χ1n) is 7.31. The molecule has 3 N–H and O–H groups in total. The molecule has 4 nitrogen and oxygen atoms in total. The topological polar surface area (TPSA) is 68.0 Å². The normalized spacial score (nSPS) is 12.1. The van der Waals surface area contributed by atoms with E-state index >= 15 is 0 Å². The number of thiazole rings is 1. The molecule has 1 unspecified atom stereocenters. The Kier molecular flexibility index (Phi) is 6.89. The van der Waals surface area contributed by atoms with Gasteiger partial charge in [-0.1, -0.05) is 37.3 Å². The summed E-state index contributed by atoms with van der Waals surface area (Å²) in [5.41, 5.74) is 7.69. The van der Waals surface area contributed by atoms with E-state index in [0.717, 1.165) is 22.9 Å². The number of thioether (sulfide) groups is 1. The van der Waals surface area contributed by atoms with Crippen molar-refractivity contribution in [3.05, 3.63) is 52.0 Å². The molecular formula is C16H21N3OS2. The molecule has 1 atom stereocenters. The third kappa shape index (κ3) is 5.12. The van der Waals surface area contributed by atoms with Gasteiger partial charge < -0.3 is 11.1 Å². The van der Waals surface area contributed by atoms with E-state index in [1.807, 2.05) is 25.1 Å². The first-order chi connectivity index (χ1) is 10.7. The molecule has 0 aliphatic rings. The lowest BCUT2D eigenvalue weighted by molar-refractivity contribution is 0.0951. The van der Waals surface area contributed by atoms with E-state index in [4.69, 9.17) is 5.73 Å². The van der Waals surface area contributed by atoms with Gasteiger partial charge in [-0.15, -0.1) is 11.3 Å². The van der Waals surface area contributed by atoms with Crippen molar-refractivity contribution in [2.75, 3.05) is 12.3 Å². The predicted octanol–water partition coefficient (Wildman–Crippen LogP) is 3.22. The zero-order valence-electron chi connectivity index (χ0n) is 12.6. The standard InChI is InChI=1S/C16H21N3OS2/c1-2-13(17)16-19-14(11-22-16)15(20)18-8-9-21-10-12-6-4-3-5-7-12/h3-7,11,13H,2,8-10,17H2,1H3,(H,18,20). The lowest BCUT2D eigenvalue weighted by Gasteiger charge is -2.04. The number of nitrogens with two attached hydrogens (primary N) is 1. The second kappa shape index (κ2) is 8.92. The molecule has 0 fully saturated rings. The molecule has 1 heterocycles. The molecule has 6 heteroatoms. The molecule has 1 aromatic carbocycles. The van der Waals surface area contributed by atoms with Gasteiger partial charge in [-0.3, -0.25) is 4.79 Å². The van der Waals surface area contributed by atoms with Gasteiger partial charge in [-0.25, -0.2) is 4.98 Å². The molecule has 0 spiro atoms. The van der Waals surface area contributed by atoms with Crippen molar-refractivity contribution in [2.45, 2.75) is 25.1 Å². The maximum atomic E-state index is 12.0. The molecule has 2 aromatic rings. The summed E-state index contributed by atoms with van der Waals surface area (Å²) in [6.45, 7) is 2.65. The summed E-state index contributed by atoms with van der Waals surface area (Å²) >= 11 is 3.25. The molecule has 0 radical (unpaired) electrons. The minimum absolute atomic E-state index is 0.0759. The Labute approximate surface area is 139 Å². The Hall–Kier alpha value is -1.37. The van der Waals surface area contributed by atoms with E-state index in [1.54, 1.807) is 17.1 Å². The van der Waals surface area contributed by atoms with Crippen LogP contribution in [0.3, 0.4) is 0 Å². The number of benzene rings is 1. The molecule has 0 saturated carbocycles. The summed E-state index contributed by atoms with van der Waals surface area (Å²) in [5.74, 6) is 1.72. The summed E-state index contributed by atoms with van der Waals surface area (Å²) in [6.07, 6.45) is 0.824. The number of carbonyl (C=O) groups excluding carboxylic acids is 1. The van der Waals surface area contributed by atoms with Crippen LogP contribution in [0.15, 0.2) is 35.7 Å². The predicted molar refractivity (Wildman–Crippen MR) is 94.3 cm³/mol. The minimum Gasteiger partial charge on any atom is -0.350 e. The smallest absolute Gasteiger partial charge is 0.270 e. The number of nitrogens with zero attached hydrogens (tertiary/aromatic N) is 1. The number of carbonyl (C=O) groups is 1. The Bertz CT molecular complexity index is 586. The van der Waals surface area contributed by atoms with Crippen LogP contribution in [0.5, 0.6) is 0 Å². The lowest BCUT2D eigenvalue weighted by Crippen LogP contribution is -2.26. The SMILES string of the molecule is CCC(N)c1nc(C(=O)NCCSCc2ccccc2)cs1. The first kappa shape index (κ1) is 17.0. The number of amides is 1. The minimum atomic E-state index is -0.119. The average molecular weight is 335 g/mol. The molecule has 2 rings (SSSR count). The number of hydrogen-bond acceptors (Lipinski definition) is 5. The van der Waals surface area contributed by atoms with E-state index in [-0.39, 0.29) is 11.9 Å². The van der Waals surface area contributed by atoms with Gasteiger partial charge in [0.25, 0.3) is 5.91 Å². The molecule has 0 bridgehead atoms.